The second-order valence-electron chi connectivity index (χ2n) is 8.58. The fourth-order valence-corrected chi connectivity index (χ4v) is 5.05. The molecular weight excluding hydrogens is 396 g/mol. The van der Waals surface area contributed by atoms with E-state index in [1.54, 1.807) is 23.0 Å². The highest BCUT2D eigenvalue weighted by Crippen LogP contribution is 2.53. The fraction of sp³-hybridized carbons (Fsp3) is 0.435. The number of aromatic amines is 1. The van der Waals surface area contributed by atoms with Gasteiger partial charge in [0.2, 0.25) is 11.8 Å². The smallest absolute Gasteiger partial charge is 0.234 e. The van der Waals surface area contributed by atoms with E-state index in [0.717, 1.165) is 16.8 Å². The van der Waals surface area contributed by atoms with E-state index in [9.17, 15) is 9.59 Å². The van der Waals surface area contributed by atoms with Crippen molar-refractivity contribution in [2.75, 3.05) is 31.6 Å². The molecule has 2 amide bonds. The van der Waals surface area contributed by atoms with Gasteiger partial charge in [0.25, 0.3) is 0 Å². The molecule has 8 nitrogen and oxygen atoms in total. The number of carbonyl (C=O) groups is 2. The molecule has 3 aliphatic rings. The van der Waals surface area contributed by atoms with E-state index in [-0.39, 0.29) is 24.5 Å². The van der Waals surface area contributed by atoms with E-state index < -0.39 is 17.4 Å². The van der Waals surface area contributed by atoms with Crippen molar-refractivity contribution in [2.24, 2.45) is 11.8 Å². The van der Waals surface area contributed by atoms with Gasteiger partial charge in [-0.1, -0.05) is 24.3 Å². The van der Waals surface area contributed by atoms with Crippen molar-refractivity contribution in [3.05, 3.63) is 59.9 Å². The van der Waals surface area contributed by atoms with E-state index in [1.807, 2.05) is 42.6 Å². The van der Waals surface area contributed by atoms with Crippen LogP contribution in [0.25, 0.3) is 0 Å². The Balaban J connectivity index is 1.34. The van der Waals surface area contributed by atoms with Crippen molar-refractivity contribution in [3.8, 4) is 0 Å². The maximum absolute atomic E-state index is 13.5. The number of ether oxygens (including phenoxy) is 1. The lowest BCUT2D eigenvalue weighted by Crippen LogP contribution is -2.45. The summed E-state index contributed by atoms with van der Waals surface area (Å²) in [5.41, 5.74) is 2.10. The average molecular weight is 422 g/mol. The van der Waals surface area contributed by atoms with E-state index in [4.69, 9.17) is 9.84 Å². The Morgan fingerprint density at radius 3 is 2.84 bits per heavy atom. The highest BCUT2D eigenvalue weighted by molar-refractivity contribution is 6.03. The Hall–Kier alpha value is -2.97. The van der Waals surface area contributed by atoms with Crippen molar-refractivity contribution < 1.29 is 19.4 Å². The minimum Gasteiger partial charge on any atom is -0.396 e. The number of aliphatic hydroxyl groups is 1. The Morgan fingerprint density at radius 1 is 1.32 bits per heavy atom. The molecule has 0 saturated carbocycles. The van der Waals surface area contributed by atoms with Crippen molar-refractivity contribution in [1.29, 1.82) is 0 Å². The SMILES string of the molecule is CN(CCc1cn[nH]c1)C(=O)[C@H]1[C@@H]2C=C[C@@]3(CN(c4ccc(CCO)cc4)C(=O)[C@H]13)O2. The maximum Gasteiger partial charge on any atom is 0.234 e. The summed E-state index contributed by atoms with van der Waals surface area (Å²) < 4.78 is 6.23. The van der Waals surface area contributed by atoms with Crippen LogP contribution in [0.5, 0.6) is 0 Å². The molecule has 1 spiro atoms. The normalized spacial score (nSPS) is 28.4. The molecule has 2 fully saturated rings. The van der Waals surface area contributed by atoms with Crippen LogP contribution < -0.4 is 4.90 Å². The van der Waals surface area contributed by atoms with Crippen molar-refractivity contribution in [2.45, 2.75) is 24.5 Å². The predicted molar refractivity (Wildman–Crippen MR) is 113 cm³/mol. The van der Waals surface area contributed by atoms with E-state index in [1.165, 1.54) is 0 Å². The zero-order chi connectivity index (χ0) is 21.6. The molecule has 3 aliphatic heterocycles. The number of hydrogen-bond acceptors (Lipinski definition) is 5. The first-order valence-electron chi connectivity index (χ1n) is 10.6. The second kappa shape index (κ2) is 7.62. The third-order valence-corrected chi connectivity index (χ3v) is 6.70. The molecule has 2 N–H and O–H groups in total. The van der Waals surface area contributed by atoms with E-state index in [0.29, 0.717) is 25.9 Å². The van der Waals surface area contributed by atoms with Crippen LogP contribution in [0.3, 0.4) is 0 Å². The summed E-state index contributed by atoms with van der Waals surface area (Å²) in [5, 5.41) is 15.8. The lowest BCUT2D eigenvalue weighted by molar-refractivity contribution is -0.139. The first kappa shape index (κ1) is 20.0. The van der Waals surface area contributed by atoms with Crippen molar-refractivity contribution in [1.82, 2.24) is 15.1 Å². The summed E-state index contributed by atoms with van der Waals surface area (Å²) in [6.07, 6.45) is 8.40. The number of likely N-dealkylation sites (N-methyl/N-ethyl adjacent to an activating group) is 1. The summed E-state index contributed by atoms with van der Waals surface area (Å²) in [7, 11) is 1.78. The van der Waals surface area contributed by atoms with Crippen molar-refractivity contribution >= 4 is 17.5 Å². The number of H-pyrrole nitrogens is 1. The highest BCUT2D eigenvalue weighted by atomic mass is 16.5. The van der Waals surface area contributed by atoms with E-state index in [2.05, 4.69) is 10.2 Å². The van der Waals surface area contributed by atoms with Crippen LogP contribution in [0.2, 0.25) is 0 Å². The van der Waals surface area contributed by atoms with Crippen LogP contribution in [-0.4, -0.2) is 70.5 Å². The van der Waals surface area contributed by atoms with Gasteiger partial charge in [-0.25, -0.2) is 0 Å². The molecule has 31 heavy (non-hydrogen) atoms. The fourth-order valence-electron chi connectivity index (χ4n) is 5.05. The third-order valence-electron chi connectivity index (χ3n) is 6.70. The molecule has 2 bridgehead atoms. The molecule has 5 rings (SSSR count). The number of carbonyl (C=O) groups excluding carboxylic acids is 2. The topological polar surface area (TPSA) is 98.8 Å². The Bertz CT molecular complexity index is 1000. The molecule has 2 saturated heterocycles. The first-order chi connectivity index (χ1) is 15.0. The molecule has 162 valence electrons. The number of rotatable bonds is 7. The maximum atomic E-state index is 13.5. The number of fused-ring (bicyclic) bond motifs is 1. The number of nitrogens with one attached hydrogen (secondary N) is 1. The predicted octanol–water partition coefficient (Wildman–Crippen LogP) is 0.932. The lowest BCUT2D eigenvalue weighted by atomic mass is 9.76. The van der Waals surface area contributed by atoms with Crippen LogP contribution >= 0.6 is 0 Å². The van der Waals surface area contributed by atoms with Crippen LogP contribution in [0.1, 0.15) is 11.1 Å². The number of aliphatic hydroxyl groups excluding tert-OH is 1. The van der Waals surface area contributed by atoms with Crippen molar-refractivity contribution in [3.63, 3.8) is 0 Å². The quantitative estimate of drug-likeness (QED) is 0.647. The molecule has 2 aromatic rings. The summed E-state index contributed by atoms with van der Waals surface area (Å²) in [6.45, 7) is 1.05. The van der Waals surface area contributed by atoms with Gasteiger partial charge in [-0.2, -0.15) is 5.10 Å². The summed E-state index contributed by atoms with van der Waals surface area (Å²) in [6, 6.07) is 7.63. The minimum atomic E-state index is -0.739. The number of aromatic nitrogens is 2. The average Bonchev–Trinajstić information content (AvgIpc) is 3.55. The van der Waals surface area contributed by atoms with Gasteiger partial charge in [0.1, 0.15) is 5.60 Å². The number of benzene rings is 1. The Labute approximate surface area is 180 Å². The van der Waals surface area contributed by atoms with Gasteiger partial charge in [-0.15, -0.1) is 0 Å². The first-order valence-corrected chi connectivity index (χ1v) is 10.6. The summed E-state index contributed by atoms with van der Waals surface area (Å²) in [5.74, 6) is -1.14. The molecule has 1 aromatic carbocycles. The monoisotopic (exact) mass is 422 g/mol. The zero-order valence-corrected chi connectivity index (χ0v) is 17.4. The molecule has 8 heteroatoms. The van der Waals surface area contributed by atoms with Gasteiger partial charge in [0, 0.05) is 32.1 Å². The van der Waals surface area contributed by atoms with Gasteiger partial charge in [0.15, 0.2) is 0 Å². The van der Waals surface area contributed by atoms with Gasteiger partial charge in [-0.05, 0) is 36.1 Å². The minimum absolute atomic E-state index is 0.0572. The van der Waals surface area contributed by atoms with Gasteiger partial charge >= 0.3 is 0 Å². The number of nitrogens with zero attached hydrogens (tertiary/aromatic N) is 3. The third kappa shape index (κ3) is 3.26. The second-order valence-corrected chi connectivity index (χ2v) is 8.58. The molecule has 0 unspecified atom stereocenters. The molecule has 4 heterocycles. The van der Waals surface area contributed by atoms with Gasteiger partial charge in [0.05, 0.1) is 30.7 Å². The number of anilines is 1. The molecule has 0 aliphatic carbocycles. The largest absolute Gasteiger partial charge is 0.396 e. The van der Waals surface area contributed by atoms with Crippen LogP contribution in [0, 0.1) is 11.8 Å². The standard InChI is InChI=1S/C23H26N4O4/c1-26(10-7-16-12-24-25-13-16)21(29)19-18-6-9-23(31-18)14-27(22(30)20(19)23)17-4-2-15(3-5-17)8-11-28/h2-6,9,12-13,18-20,28H,7-8,10-11,14H2,1H3,(H,24,25)/t18-,19-,20-,23-/m0/s1. The lowest BCUT2D eigenvalue weighted by Gasteiger charge is -2.27. The molecule has 0 radical (unpaired) electrons. The molecule has 1 aromatic heterocycles. The Kier molecular flexibility index (Phi) is 4.91. The molecule has 4 atom stereocenters. The zero-order valence-electron chi connectivity index (χ0n) is 17.4. The summed E-state index contributed by atoms with van der Waals surface area (Å²) in [4.78, 5) is 30.2. The summed E-state index contributed by atoms with van der Waals surface area (Å²) >= 11 is 0. The van der Waals surface area contributed by atoms with Crippen LogP contribution in [-0.2, 0) is 27.2 Å². The van der Waals surface area contributed by atoms with Gasteiger partial charge in [-0.3, -0.25) is 14.7 Å². The highest BCUT2D eigenvalue weighted by Gasteiger charge is 2.67. The number of hydrogen-bond donors (Lipinski definition) is 2. The van der Waals surface area contributed by atoms with Crippen LogP contribution in [0.4, 0.5) is 5.69 Å². The molecular formula is C23H26N4O4. The van der Waals surface area contributed by atoms with Gasteiger partial charge < -0.3 is 19.6 Å². The Morgan fingerprint density at radius 2 is 2.13 bits per heavy atom. The van der Waals surface area contributed by atoms with E-state index >= 15 is 0 Å². The number of amides is 2. The van der Waals surface area contributed by atoms with Crippen LogP contribution in [0.15, 0.2) is 48.8 Å².